The highest BCUT2D eigenvalue weighted by molar-refractivity contribution is 5.25. The van der Waals surface area contributed by atoms with Gasteiger partial charge in [-0.3, -0.25) is 0 Å². The van der Waals surface area contributed by atoms with E-state index in [4.69, 9.17) is 4.74 Å². The number of allylic oxidation sites excluding steroid dienone is 1. The number of rotatable bonds is 7. The fraction of sp³-hybridized carbons (Fsp3) is 0.867. The molecule has 4 aliphatic carbocycles. The van der Waals surface area contributed by atoms with Crippen LogP contribution in [0, 0.1) is 40.4 Å². The molecule has 4 aliphatic rings. The van der Waals surface area contributed by atoms with Crippen molar-refractivity contribution in [2.75, 3.05) is 6.61 Å². The summed E-state index contributed by atoms with van der Waals surface area (Å²) in [6.07, 6.45) is 15.8. The monoisotopic (exact) mass is 442 g/mol. The van der Waals surface area contributed by atoms with Gasteiger partial charge in [0.1, 0.15) is 0 Å². The quantitative estimate of drug-likeness (QED) is 0.409. The Bertz CT molecular complexity index is 730. The summed E-state index contributed by atoms with van der Waals surface area (Å²) in [6.45, 7) is 18.5. The Morgan fingerprint density at radius 3 is 2.62 bits per heavy atom. The molecule has 182 valence electrons. The maximum Gasteiger partial charge on any atom is 0.0675 e. The van der Waals surface area contributed by atoms with Gasteiger partial charge in [0.25, 0.3) is 0 Å². The Kier molecular flexibility index (Phi) is 6.80. The van der Waals surface area contributed by atoms with Gasteiger partial charge >= 0.3 is 0 Å². The molecule has 4 rings (SSSR count). The van der Waals surface area contributed by atoms with E-state index in [1.807, 2.05) is 13.8 Å². The molecule has 0 aromatic carbocycles. The smallest absolute Gasteiger partial charge is 0.0675 e. The molecule has 3 fully saturated rings. The van der Waals surface area contributed by atoms with Crippen molar-refractivity contribution < 1.29 is 9.84 Å². The van der Waals surface area contributed by atoms with Crippen LogP contribution in [0.2, 0.25) is 0 Å². The largest absolute Gasteiger partial charge is 0.390 e. The second kappa shape index (κ2) is 8.88. The highest BCUT2D eigenvalue weighted by atomic mass is 16.5. The standard InChI is InChI=1S/C30H50O2/c1-20(2)19-32-23-13-16-29(6)22(18-23)8-9-24-26-11-10-25(21(3)12-15-28(4,5)31)30(26,7)17-14-27(24)29/h8,21,23-27,31H,1,9-19H2,2-7H3/t21-,23+,24+,25-,26+,27+,29+,30-/m1/s1. The van der Waals surface area contributed by atoms with Gasteiger partial charge in [-0.15, -0.1) is 0 Å². The Labute approximate surface area is 198 Å². The van der Waals surface area contributed by atoms with E-state index in [1.165, 1.54) is 44.9 Å². The summed E-state index contributed by atoms with van der Waals surface area (Å²) in [5, 5.41) is 10.3. The number of hydrogen-bond donors (Lipinski definition) is 1. The zero-order valence-corrected chi connectivity index (χ0v) is 21.9. The summed E-state index contributed by atoms with van der Waals surface area (Å²) in [5.41, 5.74) is 3.22. The van der Waals surface area contributed by atoms with Crippen LogP contribution >= 0.6 is 0 Å². The molecule has 0 amide bonds. The molecule has 1 N–H and O–H groups in total. The fourth-order valence-electron chi connectivity index (χ4n) is 8.79. The van der Waals surface area contributed by atoms with Gasteiger partial charge in [0, 0.05) is 0 Å². The van der Waals surface area contributed by atoms with Crippen molar-refractivity contribution in [3.8, 4) is 0 Å². The molecular formula is C30H50O2. The number of fused-ring (bicyclic) bond motifs is 5. The maximum absolute atomic E-state index is 10.3. The molecule has 0 unspecified atom stereocenters. The average molecular weight is 443 g/mol. The third kappa shape index (κ3) is 4.52. The molecule has 0 radical (unpaired) electrons. The zero-order valence-electron chi connectivity index (χ0n) is 21.9. The molecule has 0 aromatic rings. The predicted molar refractivity (Wildman–Crippen MR) is 134 cm³/mol. The van der Waals surface area contributed by atoms with Gasteiger partial charge in [-0.25, -0.2) is 0 Å². The van der Waals surface area contributed by atoms with Crippen molar-refractivity contribution in [2.24, 2.45) is 40.4 Å². The van der Waals surface area contributed by atoms with Crippen LogP contribution in [-0.4, -0.2) is 23.4 Å². The third-order valence-electron chi connectivity index (χ3n) is 10.6. The van der Waals surface area contributed by atoms with Crippen molar-refractivity contribution in [3.63, 3.8) is 0 Å². The lowest BCUT2D eigenvalue weighted by molar-refractivity contribution is -0.0634. The summed E-state index contributed by atoms with van der Waals surface area (Å²) in [5.74, 6) is 4.19. The van der Waals surface area contributed by atoms with Crippen LogP contribution in [0.4, 0.5) is 0 Å². The minimum absolute atomic E-state index is 0.393. The highest BCUT2D eigenvalue weighted by Crippen LogP contribution is 2.67. The van der Waals surface area contributed by atoms with Gasteiger partial charge in [0.2, 0.25) is 0 Å². The van der Waals surface area contributed by atoms with Crippen LogP contribution in [0.1, 0.15) is 106 Å². The molecule has 2 nitrogen and oxygen atoms in total. The zero-order chi connectivity index (χ0) is 23.3. The third-order valence-corrected chi connectivity index (χ3v) is 10.6. The van der Waals surface area contributed by atoms with E-state index < -0.39 is 5.60 Å². The van der Waals surface area contributed by atoms with Crippen LogP contribution < -0.4 is 0 Å². The van der Waals surface area contributed by atoms with Crippen molar-refractivity contribution in [3.05, 3.63) is 23.8 Å². The Morgan fingerprint density at radius 1 is 1.19 bits per heavy atom. The first-order chi connectivity index (χ1) is 14.9. The molecule has 0 spiro atoms. The average Bonchev–Trinajstić information content (AvgIpc) is 3.07. The van der Waals surface area contributed by atoms with Gasteiger partial charge in [0.15, 0.2) is 0 Å². The van der Waals surface area contributed by atoms with Gasteiger partial charge in [0.05, 0.1) is 18.3 Å². The van der Waals surface area contributed by atoms with Crippen molar-refractivity contribution in [1.29, 1.82) is 0 Å². The minimum atomic E-state index is -0.531. The van der Waals surface area contributed by atoms with E-state index >= 15 is 0 Å². The van der Waals surface area contributed by atoms with Gasteiger partial charge in [-0.1, -0.05) is 44.6 Å². The molecule has 8 atom stereocenters. The Balaban J connectivity index is 1.46. The fourth-order valence-corrected chi connectivity index (χ4v) is 8.79. The summed E-state index contributed by atoms with van der Waals surface area (Å²) in [6, 6.07) is 0. The molecule has 0 saturated heterocycles. The SMILES string of the molecule is C=C(C)CO[C@H]1CC[C@@]2(C)C(=CC[C@H]3[C@@H]4CC[C@H]([C@H](C)CCC(C)(C)O)[C@@]4(C)CC[C@@H]32)C1. The topological polar surface area (TPSA) is 29.5 Å². The number of ether oxygens (including phenoxy) is 1. The van der Waals surface area contributed by atoms with E-state index in [-0.39, 0.29) is 0 Å². The second-order valence-electron chi connectivity index (χ2n) is 13.4. The van der Waals surface area contributed by atoms with E-state index in [1.54, 1.807) is 5.57 Å². The summed E-state index contributed by atoms with van der Waals surface area (Å²) in [7, 11) is 0. The van der Waals surface area contributed by atoms with Crippen molar-refractivity contribution in [2.45, 2.75) is 117 Å². The van der Waals surface area contributed by atoms with E-state index in [9.17, 15) is 5.11 Å². The highest BCUT2D eigenvalue weighted by Gasteiger charge is 2.59. The summed E-state index contributed by atoms with van der Waals surface area (Å²) in [4.78, 5) is 0. The van der Waals surface area contributed by atoms with Gasteiger partial charge in [-0.05, 0) is 125 Å². The Hall–Kier alpha value is -0.600. The normalized spacial score (nSPS) is 42.5. The molecule has 0 heterocycles. The van der Waals surface area contributed by atoms with Crippen molar-refractivity contribution in [1.82, 2.24) is 0 Å². The van der Waals surface area contributed by atoms with Crippen LogP contribution in [-0.2, 0) is 4.74 Å². The predicted octanol–water partition coefficient (Wildman–Crippen LogP) is 7.71. The van der Waals surface area contributed by atoms with Crippen LogP contribution in [0.25, 0.3) is 0 Å². The molecular weight excluding hydrogens is 392 g/mol. The second-order valence-corrected chi connectivity index (χ2v) is 13.4. The molecule has 0 bridgehead atoms. The Morgan fingerprint density at radius 2 is 1.94 bits per heavy atom. The molecule has 2 heteroatoms. The maximum atomic E-state index is 10.3. The summed E-state index contributed by atoms with van der Waals surface area (Å²) < 4.78 is 6.19. The van der Waals surface area contributed by atoms with Gasteiger partial charge < -0.3 is 9.84 Å². The first-order valence-corrected chi connectivity index (χ1v) is 13.6. The van der Waals surface area contributed by atoms with E-state index in [2.05, 4.69) is 40.3 Å². The van der Waals surface area contributed by atoms with E-state index in [0.717, 1.165) is 54.4 Å². The number of hydrogen-bond acceptors (Lipinski definition) is 2. The van der Waals surface area contributed by atoms with E-state index in [0.29, 0.717) is 23.5 Å². The summed E-state index contributed by atoms with van der Waals surface area (Å²) >= 11 is 0. The van der Waals surface area contributed by atoms with Crippen LogP contribution in [0.5, 0.6) is 0 Å². The lowest BCUT2D eigenvalue weighted by Gasteiger charge is -2.58. The number of aliphatic hydroxyl groups is 1. The van der Waals surface area contributed by atoms with Crippen molar-refractivity contribution >= 4 is 0 Å². The minimum Gasteiger partial charge on any atom is -0.390 e. The molecule has 0 aliphatic heterocycles. The lowest BCUT2D eigenvalue weighted by Crippen LogP contribution is -2.51. The first-order valence-electron chi connectivity index (χ1n) is 13.6. The lowest BCUT2D eigenvalue weighted by atomic mass is 9.47. The first kappa shape index (κ1) is 24.5. The van der Waals surface area contributed by atoms with Gasteiger partial charge in [-0.2, -0.15) is 0 Å². The van der Waals surface area contributed by atoms with Crippen LogP contribution in [0.3, 0.4) is 0 Å². The molecule has 32 heavy (non-hydrogen) atoms. The molecule has 3 saturated carbocycles. The van der Waals surface area contributed by atoms with Crippen LogP contribution in [0.15, 0.2) is 23.8 Å². The molecule has 0 aromatic heterocycles.